The smallest absolute Gasteiger partial charge is 0.123 e. The van der Waals surface area contributed by atoms with Crippen LogP contribution in [0.3, 0.4) is 0 Å². The molecule has 0 spiro atoms. The van der Waals surface area contributed by atoms with Crippen molar-refractivity contribution in [1.29, 1.82) is 0 Å². The molecular weight excluding hydrogens is 241 g/mol. The Bertz CT molecular complexity index is 595. The molecule has 0 bridgehead atoms. The van der Waals surface area contributed by atoms with E-state index in [2.05, 4.69) is 13.0 Å². The zero-order chi connectivity index (χ0) is 14.0. The number of benzene rings is 2. The van der Waals surface area contributed by atoms with E-state index in [1.54, 1.807) is 0 Å². The number of nitrogens with zero attached hydrogens (tertiary/aromatic N) is 1. The van der Waals surface area contributed by atoms with Crippen LogP contribution in [-0.2, 0) is 6.54 Å². The standard InChI is InChI=1S/C16H18FNO/c1-11-4-6-15(12(2)8-11)18(3)10-13-9-14(17)5-7-16(13)19/h4-9,19H,10H2,1-3H3. The molecule has 0 heterocycles. The van der Waals surface area contributed by atoms with Crippen molar-refractivity contribution in [2.24, 2.45) is 0 Å². The van der Waals surface area contributed by atoms with E-state index in [9.17, 15) is 9.50 Å². The van der Waals surface area contributed by atoms with Crippen molar-refractivity contribution in [3.8, 4) is 5.75 Å². The molecular formula is C16H18FNO. The van der Waals surface area contributed by atoms with Crippen LogP contribution in [0.1, 0.15) is 16.7 Å². The number of phenols is 1. The van der Waals surface area contributed by atoms with Crippen molar-refractivity contribution in [2.75, 3.05) is 11.9 Å². The van der Waals surface area contributed by atoms with E-state index in [0.29, 0.717) is 12.1 Å². The van der Waals surface area contributed by atoms with Crippen molar-refractivity contribution >= 4 is 5.69 Å². The first-order valence-corrected chi connectivity index (χ1v) is 6.23. The van der Waals surface area contributed by atoms with Gasteiger partial charge in [-0.1, -0.05) is 17.7 Å². The van der Waals surface area contributed by atoms with Crippen molar-refractivity contribution in [3.05, 3.63) is 58.9 Å². The van der Waals surface area contributed by atoms with Gasteiger partial charge in [0.2, 0.25) is 0 Å². The van der Waals surface area contributed by atoms with E-state index in [1.807, 2.05) is 31.0 Å². The molecule has 19 heavy (non-hydrogen) atoms. The summed E-state index contributed by atoms with van der Waals surface area (Å²) in [6, 6.07) is 10.2. The molecule has 2 nitrogen and oxygen atoms in total. The second kappa shape index (κ2) is 5.31. The first-order chi connectivity index (χ1) is 8.97. The Morgan fingerprint density at radius 2 is 1.84 bits per heavy atom. The van der Waals surface area contributed by atoms with Crippen molar-refractivity contribution < 1.29 is 9.50 Å². The van der Waals surface area contributed by atoms with Gasteiger partial charge in [0, 0.05) is 24.8 Å². The minimum atomic E-state index is -0.332. The number of hydrogen-bond acceptors (Lipinski definition) is 2. The fourth-order valence-electron chi connectivity index (χ4n) is 2.26. The first-order valence-electron chi connectivity index (χ1n) is 6.23. The molecule has 3 heteroatoms. The second-order valence-electron chi connectivity index (χ2n) is 4.92. The monoisotopic (exact) mass is 259 g/mol. The maximum atomic E-state index is 13.2. The van der Waals surface area contributed by atoms with E-state index >= 15 is 0 Å². The predicted molar refractivity (Wildman–Crippen MR) is 76.1 cm³/mol. The zero-order valence-electron chi connectivity index (χ0n) is 11.4. The van der Waals surface area contributed by atoms with Crippen LogP contribution >= 0.6 is 0 Å². The third-order valence-corrected chi connectivity index (χ3v) is 3.21. The van der Waals surface area contributed by atoms with Crippen LogP contribution in [0.4, 0.5) is 10.1 Å². The largest absolute Gasteiger partial charge is 0.508 e. The molecule has 0 fully saturated rings. The maximum Gasteiger partial charge on any atom is 0.123 e. The molecule has 2 aromatic carbocycles. The van der Waals surface area contributed by atoms with E-state index in [0.717, 1.165) is 5.69 Å². The molecule has 1 N–H and O–H groups in total. The minimum absolute atomic E-state index is 0.123. The maximum absolute atomic E-state index is 13.2. The summed E-state index contributed by atoms with van der Waals surface area (Å²) in [5.41, 5.74) is 4.04. The number of phenolic OH excluding ortho intramolecular Hbond substituents is 1. The Morgan fingerprint density at radius 1 is 1.11 bits per heavy atom. The summed E-state index contributed by atoms with van der Waals surface area (Å²) in [6.07, 6.45) is 0. The van der Waals surface area contributed by atoms with Gasteiger partial charge in [0.05, 0.1) is 0 Å². The normalized spacial score (nSPS) is 10.5. The summed E-state index contributed by atoms with van der Waals surface area (Å²) < 4.78 is 13.2. The zero-order valence-corrected chi connectivity index (χ0v) is 11.4. The fraction of sp³-hybridized carbons (Fsp3) is 0.250. The number of aryl methyl sites for hydroxylation is 2. The Hall–Kier alpha value is -2.03. The summed E-state index contributed by atoms with van der Waals surface area (Å²) in [5.74, 6) is -0.208. The second-order valence-corrected chi connectivity index (χ2v) is 4.92. The molecule has 0 aliphatic rings. The molecule has 0 aromatic heterocycles. The van der Waals surface area contributed by atoms with Gasteiger partial charge < -0.3 is 10.0 Å². The third-order valence-electron chi connectivity index (χ3n) is 3.21. The molecule has 100 valence electrons. The molecule has 0 unspecified atom stereocenters. The lowest BCUT2D eigenvalue weighted by molar-refractivity contribution is 0.465. The lowest BCUT2D eigenvalue weighted by Crippen LogP contribution is -2.17. The molecule has 0 radical (unpaired) electrons. The van der Waals surface area contributed by atoms with Crippen LogP contribution in [-0.4, -0.2) is 12.2 Å². The van der Waals surface area contributed by atoms with Crippen molar-refractivity contribution in [3.63, 3.8) is 0 Å². The van der Waals surface area contributed by atoms with Crippen LogP contribution in [0.5, 0.6) is 5.75 Å². The summed E-state index contributed by atoms with van der Waals surface area (Å²) >= 11 is 0. The fourth-order valence-corrected chi connectivity index (χ4v) is 2.26. The van der Waals surface area contributed by atoms with E-state index in [4.69, 9.17) is 0 Å². The van der Waals surface area contributed by atoms with Gasteiger partial charge in [-0.15, -0.1) is 0 Å². The van der Waals surface area contributed by atoms with Gasteiger partial charge in [0.15, 0.2) is 0 Å². The average molecular weight is 259 g/mol. The highest BCUT2D eigenvalue weighted by Gasteiger charge is 2.09. The third kappa shape index (κ3) is 3.05. The molecule has 2 aromatic rings. The predicted octanol–water partition coefficient (Wildman–Crippen LogP) is 3.78. The van der Waals surface area contributed by atoms with Crippen molar-refractivity contribution in [2.45, 2.75) is 20.4 Å². The molecule has 2 rings (SSSR count). The SMILES string of the molecule is Cc1ccc(N(C)Cc2cc(F)ccc2O)c(C)c1. The topological polar surface area (TPSA) is 23.5 Å². The number of rotatable bonds is 3. The lowest BCUT2D eigenvalue weighted by atomic mass is 10.1. The highest BCUT2D eigenvalue weighted by Crippen LogP contribution is 2.25. The molecule has 0 amide bonds. The van der Waals surface area contributed by atoms with Crippen LogP contribution in [0.15, 0.2) is 36.4 Å². The summed E-state index contributed by atoms with van der Waals surface area (Å²) in [4.78, 5) is 2.00. The van der Waals surface area contributed by atoms with Gasteiger partial charge >= 0.3 is 0 Å². The molecule has 0 saturated heterocycles. The highest BCUT2D eigenvalue weighted by atomic mass is 19.1. The van der Waals surface area contributed by atoms with Gasteiger partial charge in [0.25, 0.3) is 0 Å². The van der Waals surface area contributed by atoms with Crippen LogP contribution in [0, 0.1) is 19.7 Å². The van der Waals surface area contributed by atoms with Gasteiger partial charge in [0.1, 0.15) is 11.6 Å². The van der Waals surface area contributed by atoms with Crippen LogP contribution in [0.2, 0.25) is 0 Å². The molecule has 0 aliphatic heterocycles. The van der Waals surface area contributed by atoms with E-state index < -0.39 is 0 Å². The lowest BCUT2D eigenvalue weighted by Gasteiger charge is -2.22. The Morgan fingerprint density at radius 3 is 2.53 bits per heavy atom. The van der Waals surface area contributed by atoms with Crippen molar-refractivity contribution in [1.82, 2.24) is 0 Å². The van der Waals surface area contributed by atoms with Crippen LogP contribution in [0.25, 0.3) is 0 Å². The van der Waals surface area contributed by atoms with Crippen LogP contribution < -0.4 is 4.90 Å². The summed E-state index contributed by atoms with van der Waals surface area (Å²) in [7, 11) is 1.93. The number of hydrogen-bond donors (Lipinski definition) is 1. The molecule has 0 aliphatic carbocycles. The highest BCUT2D eigenvalue weighted by molar-refractivity contribution is 5.54. The van der Waals surface area contributed by atoms with E-state index in [1.165, 1.54) is 29.3 Å². The van der Waals surface area contributed by atoms with Gasteiger partial charge in [-0.25, -0.2) is 4.39 Å². The Kier molecular flexibility index (Phi) is 3.74. The average Bonchev–Trinajstić information content (AvgIpc) is 2.33. The van der Waals surface area contributed by atoms with E-state index in [-0.39, 0.29) is 11.6 Å². The molecule has 0 atom stereocenters. The summed E-state index contributed by atoms with van der Waals surface area (Å²) in [5, 5.41) is 9.75. The molecule has 0 saturated carbocycles. The number of aromatic hydroxyl groups is 1. The van der Waals surface area contributed by atoms with Gasteiger partial charge in [-0.05, 0) is 43.7 Å². The van der Waals surface area contributed by atoms with Gasteiger partial charge in [-0.3, -0.25) is 0 Å². The van der Waals surface area contributed by atoms with Gasteiger partial charge in [-0.2, -0.15) is 0 Å². The Balaban J connectivity index is 2.25. The first kappa shape index (κ1) is 13.4. The Labute approximate surface area is 113 Å². The minimum Gasteiger partial charge on any atom is -0.508 e. The summed E-state index contributed by atoms with van der Waals surface area (Å²) in [6.45, 7) is 4.56. The quantitative estimate of drug-likeness (QED) is 0.906. The number of halogens is 1. The number of anilines is 1.